The van der Waals surface area contributed by atoms with Gasteiger partial charge in [-0.25, -0.2) is 4.79 Å². The van der Waals surface area contributed by atoms with Gasteiger partial charge < -0.3 is 15.2 Å². The number of carbonyl (C=O) groups excluding carboxylic acids is 1. The molecule has 5 nitrogen and oxygen atoms in total. The highest BCUT2D eigenvalue weighted by Gasteiger charge is 2.39. The molecular formula is C10H7ClF3NO4. The molecule has 0 bridgehead atoms. The maximum absolute atomic E-state index is 12.1. The molecule has 104 valence electrons. The van der Waals surface area contributed by atoms with Crippen molar-refractivity contribution in [3.8, 4) is 5.75 Å². The second kappa shape index (κ2) is 5.35. The SMILES string of the molecule is COc1cc(C(=O)O)cc(NC(=O)C(F)(F)F)c1Cl. The van der Waals surface area contributed by atoms with Crippen molar-refractivity contribution in [1.82, 2.24) is 0 Å². The summed E-state index contributed by atoms with van der Waals surface area (Å²) in [6.07, 6.45) is -5.12. The Bertz CT molecular complexity index is 530. The Labute approximate surface area is 109 Å². The monoisotopic (exact) mass is 297 g/mol. The second-order valence-corrected chi connectivity index (χ2v) is 3.68. The second-order valence-electron chi connectivity index (χ2n) is 3.30. The maximum Gasteiger partial charge on any atom is 0.471 e. The summed E-state index contributed by atoms with van der Waals surface area (Å²) in [4.78, 5) is 21.6. The quantitative estimate of drug-likeness (QED) is 0.899. The van der Waals surface area contributed by atoms with Gasteiger partial charge in [0.2, 0.25) is 0 Å². The first-order valence-electron chi connectivity index (χ1n) is 4.65. The van der Waals surface area contributed by atoms with Gasteiger partial charge in [-0.1, -0.05) is 11.6 Å². The zero-order valence-corrected chi connectivity index (χ0v) is 10.1. The molecule has 0 aliphatic rings. The van der Waals surface area contributed by atoms with Crippen molar-refractivity contribution < 1.29 is 32.6 Å². The van der Waals surface area contributed by atoms with Crippen LogP contribution in [-0.4, -0.2) is 30.3 Å². The van der Waals surface area contributed by atoms with Gasteiger partial charge in [0.1, 0.15) is 10.8 Å². The van der Waals surface area contributed by atoms with Crippen LogP contribution in [0.4, 0.5) is 18.9 Å². The third kappa shape index (κ3) is 3.50. The van der Waals surface area contributed by atoms with Gasteiger partial charge in [-0.05, 0) is 12.1 Å². The number of carboxylic acids is 1. The standard InChI is InChI=1S/C10H7ClF3NO4/c1-19-6-3-4(8(16)17)2-5(7(6)11)15-9(18)10(12,13)14/h2-3H,1H3,(H,15,18)(H,16,17). The Morgan fingerprint density at radius 2 is 1.95 bits per heavy atom. The molecule has 9 heteroatoms. The first kappa shape index (κ1) is 15.1. The lowest BCUT2D eigenvalue weighted by Gasteiger charge is -2.12. The van der Waals surface area contributed by atoms with Gasteiger partial charge >= 0.3 is 18.1 Å². The number of methoxy groups -OCH3 is 1. The molecule has 0 radical (unpaired) electrons. The summed E-state index contributed by atoms with van der Waals surface area (Å²) in [5.74, 6) is -3.84. The normalized spacial score (nSPS) is 11.0. The summed E-state index contributed by atoms with van der Waals surface area (Å²) in [5.41, 5.74) is -0.875. The molecule has 2 N–H and O–H groups in total. The Kier molecular flexibility index (Phi) is 4.25. The fourth-order valence-electron chi connectivity index (χ4n) is 1.15. The Balaban J connectivity index is 3.23. The highest BCUT2D eigenvalue weighted by molar-refractivity contribution is 6.35. The van der Waals surface area contributed by atoms with Gasteiger partial charge in [0, 0.05) is 0 Å². The molecule has 1 aromatic carbocycles. The van der Waals surface area contributed by atoms with Crippen LogP contribution >= 0.6 is 11.6 Å². The summed E-state index contributed by atoms with van der Waals surface area (Å²) in [7, 11) is 1.15. The largest absolute Gasteiger partial charge is 0.495 e. The summed E-state index contributed by atoms with van der Waals surface area (Å²) in [6.45, 7) is 0. The zero-order valence-electron chi connectivity index (χ0n) is 9.34. The highest BCUT2D eigenvalue weighted by atomic mass is 35.5. The number of halogens is 4. The molecule has 0 aromatic heterocycles. The number of ether oxygens (including phenoxy) is 1. The van der Waals surface area contributed by atoms with Crippen molar-refractivity contribution in [2.45, 2.75) is 6.18 Å². The van der Waals surface area contributed by atoms with E-state index in [9.17, 15) is 22.8 Å². The predicted molar refractivity (Wildman–Crippen MR) is 59.6 cm³/mol. The van der Waals surface area contributed by atoms with Crippen LogP contribution in [0.2, 0.25) is 5.02 Å². The number of rotatable bonds is 3. The average Bonchev–Trinajstić information content (AvgIpc) is 2.30. The van der Waals surface area contributed by atoms with Crippen LogP contribution < -0.4 is 10.1 Å². The van der Waals surface area contributed by atoms with Crippen LogP contribution in [-0.2, 0) is 4.79 Å². The highest BCUT2D eigenvalue weighted by Crippen LogP contribution is 2.34. The number of alkyl halides is 3. The van der Waals surface area contributed by atoms with E-state index in [4.69, 9.17) is 21.4 Å². The van der Waals surface area contributed by atoms with Crippen LogP contribution in [0, 0.1) is 0 Å². The molecule has 0 aliphatic carbocycles. The third-order valence-corrected chi connectivity index (χ3v) is 2.40. The fraction of sp³-hybridized carbons (Fsp3) is 0.200. The van der Waals surface area contributed by atoms with Crippen molar-refractivity contribution in [2.24, 2.45) is 0 Å². The zero-order chi connectivity index (χ0) is 14.8. The summed E-state index contributed by atoms with van der Waals surface area (Å²) in [6, 6.07) is 1.82. The number of carbonyl (C=O) groups is 2. The lowest BCUT2D eigenvalue weighted by Crippen LogP contribution is -2.30. The van der Waals surface area contributed by atoms with Gasteiger partial charge in [0.05, 0.1) is 18.4 Å². The Morgan fingerprint density at radius 1 is 1.37 bits per heavy atom. The number of aromatic carboxylic acids is 1. The number of carboxylic acid groups (broad SMARTS) is 1. The minimum atomic E-state index is -5.12. The average molecular weight is 298 g/mol. The van der Waals surface area contributed by atoms with E-state index in [0.29, 0.717) is 0 Å². The van der Waals surface area contributed by atoms with E-state index in [1.54, 1.807) is 0 Å². The predicted octanol–water partition coefficient (Wildman–Crippen LogP) is 2.55. The Morgan fingerprint density at radius 3 is 2.37 bits per heavy atom. The summed E-state index contributed by atoms with van der Waals surface area (Å²) < 4.78 is 41.0. The number of amides is 1. The van der Waals surface area contributed by atoms with Crippen molar-refractivity contribution in [1.29, 1.82) is 0 Å². The maximum atomic E-state index is 12.1. The molecule has 19 heavy (non-hydrogen) atoms. The minimum absolute atomic E-state index is 0.168. The molecule has 0 heterocycles. The van der Waals surface area contributed by atoms with E-state index in [1.807, 2.05) is 0 Å². The molecule has 0 saturated carbocycles. The molecular weight excluding hydrogens is 291 g/mol. The van der Waals surface area contributed by atoms with Gasteiger partial charge in [0.25, 0.3) is 0 Å². The number of nitrogens with one attached hydrogen (secondary N) is 1. The number of hydrogen-bond donors (Lipinski definition) is 2. The van der Waals surface area contributed by atoms with Crippen LogP contribution in [0.1, 0.15) is 10.4 Å². The van der Waals surface area contributed by atoms with Crippen LogP contribution in [0.25, 0.3) is 0 Å². The molecule has 1 aromatic rings. The van der Waals surface area contributed by atoms with Gasteiger partial charge in [-0.15, -0.1) is 0 Å². The van der Waals surface area contributed by atoms with Crippen LogP contribution in [0.3, 0.4) is 0 Å². The first-order valence-corrected chi connectivity index (χ1v) is 5.03. The summed E-state index contributed by atoms with van der Waals surface area (Å²) >= 11 is 5.68. The van der Waals surface area contributed by atoms with Gasteiger partial charge in [-0.2, -0.15) is 13.2 Å². The smallest absolute Gasteiger partial charge is 0.471 e. The van der Waals surface area contributed by atoms with E-state index in [1.165, 1.54) is 5.32 Å². The van der Waals surface area contributed by atoms with Crippen molar-refractivity contribution in [3.05, 3.63) is 22.7 Å². The topological polar surface area (TPSA) is 75.6 Å². The lowest BCUT2D eigenvalue weighted by molar-refractivity contribution is -0.167. The Hall–Kier alpha value is -1.96. The molecule has 0 fully saturated rings. The molecule has 0 atom stereocenters. The van der Waals surface area contributed by atoms with E-state index in [2.05, 4.69) is 0 Å². The van der Waals surface area contributed by atoms with E-state index < -0.39 is 23.7 Å². The lowest BCUT2D eigenvalue weighted by atomic mass is 10.2. The molecule has 0 aliphatic heterocycles. The fourth-order valence-corrected chi connectivity index (χ4v) is 1.39. The molecule has 0 saturated heterocycles. The molecule has 0 unspecified atom stereocenters. The first-order chi connectivity index (χ1) is 8.66. The van der Waals surface area contributed by atoms with E-state index in [0.717, 1.165) is 19.2 Å². The number of benzene rings is 1. The molecule has 0 spiro atoms. The summed E-state index contributed by atoms with van der Waals surface area (Å²) in [5, 5.41) is 9.93. The van der Waals surface area contributed by atoms with Crippen LogP contribution in [0.15, 0.2) is 12.1 Å². The minimum Gasteiger partial charge on any atom is -0.495 e. The van der Waals surface area contributed by atoms with E-state index >= 15 is 0 Å². The van der Waals surface area contributed by atoms with Crippen molar-refractivity contribution >= 4 is 29.2 Å². The van der Waals surface area contributed by atoms with Gasteiger partial charge in [-0.3, -0.25) is 4.79 Å². The van der Waals surface area contributed by atoms with Gasteiger partial charge in [0.15, 0.2) is 0 Å². The number of anilines is 1. The van der Waals surface area contributed by atoms with Crippen LogP contribution in [0.5, 0.6) is 5.75 Å². The third-order valence-electron chi connectivity index (χ3n) is 2.01. The molecule has 1 amide bonds. The van der Waals surface area contributed by atoms with Crippen molar-refractivity contribution in [3.63, 3.8) is 0 Å². The van der Waals surface area contributed by atoms with Crippen molar-refractivity contribution in [2.75, 3.05) is 12.4 Å². The molecule has 1 rings (SSSR count). The number of hydrogen-bond acceptors (Lipinski definition) is 3. The van der Waals surface area contributed by atoms with E-state index in [-0.39, 0.29) is 16.3 Å².